The van der Waals surface area contributed by atoms with E-state index in [0.717, 1.165) is 57.8 Å². The second-order valence-corrected chi connectivity index (χ2v) is 30.3. The SMILES string of the molecule is CC.CC.CC.CC.CC.CC.CC.CC.CC.CC.CC.CC.CC.CC.CC.c1ccc2c(c1)Cc1cc3c(cc1-2)c1cccc2c1n3-c1c(ccc3c1-c1ccccc1C3)C2.c1ccc2c(c1)Cc1cc3c4cccc5c4n(c3cc1-2)-c1c(ccc2c1-c1ccccc1C2)C5.c1ccc2c(c1)Cc1ccc3c(c1-2)-n1c2ccc4c(c2c2cccc(c21)C3)-c1ccccc1C4. The fourth-order valence-electron chi connectivity index (χ4n) is 21.1. The Balaban J connectivity index is 0.000000180. The summed E-state index contributed by atoms with van der Waals surface area (Å²) in [5.74, 6) is 0. The van der Waals surface area contributed by atoms with E-state index in [2.05, 4.69) is 287 Å². The average molecular weight is 1750 g/mol. The van der Waals surface area contributed by atoms with Crippen LogP contribution >= 0.6 is 0 Å². The van der Waals surface area contributed by atoms with Gasteiger partial charge >= 0.3 is 0 Å². The molecule has 3 heteroatoms. The summed E-state index contributed by atoms with van der Waals surface area (Å²) in [6.45, 7) is 60.0. The molecule has 27 rings (SSSR count). The molecule has 3 aliphatic heterocycles. The molecule has 0 N–H and O–H groups in total. The van der Waals surface area contributed by atoms with Crippen LogP contribution in [0.15, 0.2) is 273 Å². The number of fused-ring (bicyclic) bond motifs is 37. The first kappa shape index (κ1) is 102. The maximum Gasteiger partial charge on any atom is 0.0579 e. The second-order valence-electron chi connectivity index (χ2n) is 30.3. The van der Waals surface area contributed by atoms with E-state index in [1.54, 1.807) is 0 Å². The normalized spacial score (nSPS) is 11.6. The number of hydrogen-bond acceptors (Lipinski definition) is 0. The largest absolute Gasteiger partial charge is 0.308 e. The molecule has 6 aliphatic carbocycles. The molecular formula is C129H153N3. The summed E-state index contributed by atoms with van der Waals surface area (Å²) in [5.41, 5.74) is 55.6. The van der Waals surface area contributed by atoms with Gasteiger partial charge in [0.25, 0.3) is 0 Å². The van der Waals surface area contributed by atoms with Crippen molar-refractivity contribution in [2.75, 3.05) is 0 Å². The smallest absolute Gasteiger partial charge is 0.0579 e. The number of hydrogen-bond donors (Lipinski definition) is 0. The van der Waals surface area contributed by atoms with Crippen molar-refractivity contribution in [2.45, 2.75) is 265 Å². The van der Waals surface area contributed by atoms with Crippen LogP contribution in [0.5, 0.6) is 0 Å². The molecule has 3 aromatic heterocycles. The molecule has 18 aromatic rings. The molecule has 132 heavy (non-hydrogen) atoms. The molecule has 0 amide bonds. The Morgan fingerprint density at radius 2 is 0.379 bits per heavy atom. The molecule has 15 aromatic carbocycles. The van der Waals surface area contributed by atoms with Crippen LogP contribution in [0.25, 0.3) is 149 Å². The van der Waals surface area contributed by atoms with Crippen LogP contribution in [-0.4, -0.2) is 13.7 Å². The van der Waals surface area contributed by atoms with Crippen LogP contribution < -0.4 is 0 Å². The molecule has 0 saturated carbocycles. The van der Waals surface area contributed by atoms with Gasteiger partial charge in [-0.3, -0.25) is 0 Å². The predicted octanol–water partition coefficient (Wildman–Crippen LogP) is 38.9. The number of benzene rings is 15. The van der Waals surface area contributed by atoms with Crippen molar-refractivity contribution >= 4 is 65.4 Å². The summed E-state index contributed by atoms with van der Waals surface area (Å²) in [6, 6.07) is 103. The molecule has 684 valence electrons. The van der Waals surface area contributed by atoms with Crippen LogP contribution in [0, 0.1) is 0 Å². The van der Waals surface area contributed by atoms with Crippen molar-refractivity contribution in [1.82, 2.24) is 13.7 Å². The third-order valence-electron chi connectivity index (χ3n) is 25.2. The lowest BCUT2D eigenvalue weighted by Crippen LogP contribution is -2.10. The zero-order valence-corrected chi connectivity index (χ0v) is 86.2. The predicted molar refractivity (Wildman–Crippen MR) is 590 cm³/mol. The molecule has 0 saturated heterocycles. The minimum absolute atomic E-state index is 0.997. The number of nitrogens with zero attached hydrogens (tertiary/aromatic N) is 3. The van der Waals surface area contributed by atoms with E-state index in [-0.39, 0.29) is 0 Å². The Hall–Kier alpha value is -12.3. The lowest BCUT2D eigenvalue weighted by Gasteiger charge is -2.24. The number of aromatic nitrogens is 3. The lowest BCUT2D eigenvalue weighted by molar-refractivity contribution is 1.04. The molecule has 0 radical (unpaired) electrons. The summed E-state index contributed by atoms with van der Waals surface area (Å²) in [4.78, 5) is 0. The monoisotopic (exact) mass is 1740 g/mol. The van der Waals surface area contributed by atoms with Gasteiger partial charge in [0, 0.05) is 68.3 Å². The van der Waals surface area contributed by atoms with Crippen LogP contribution in [0.4, 0.5) is 0 Å². The first-order valence-electron chi connectivity index (χ1n) is 51.8. The van der Waals surface area contributed by atoms with Gasteiger partial charge in [-0.15, -0.1) is 0 Å². The third kappa shape index (κ3) is 17.4. The summed E-state index contributed by atoms with van der Waals surface area (Å²) >= 11 is 0. The Morgan fingerprint density at radius 3 is 0.742 bits per heavy atom. The fourth-order valence-corrected chi connectivity index (χ4v) is 21.1. The second kappa shape index (κ2) is 47.7. The van der Waals surface area contributed by atoms with Crippen molar-refractivity contribution in [2.24, 2.45) is 0 Å². The minimum Gasteiger partial charge on any atom is -0.308 e. The van der Waals surface area contributed by atoms with E-state index in [1.165, 1.54) is 249 Å². The molecular weight excluding hydrogens is 1590 g/mol. The van der Waals surface area contributed by atoms with Crippen LogP contribution in [0.1, 0.15) is 308 Å². The van der Waals surface area contributed by atoms with Gasteiger partial charge in [0.1, 0.15) is 0 Å². The van der Waals surface area contributed by atoms with Gasteiger partial charge < -0.3 is 13.7 Å². The molecule has 6 heterocycles. The van der Waals surface area contributed by atoms with Crippen LogP contribution in [0.3, 0.4) is 0 Å². The lowest BCUT2D eigenvalue weighted by atomic mass is 9.92. The maximum absolute atomic E-state index is 2.61. The van der Waals surface area contributed by atoms with E-state index < -0.39 is 0 Å². The standard InChI is InChI=1S/3C33H21N.15C2H6/c1-3-9-25-19(6-1)15-24-17-30-29(18-28(24)25)27-11-5-8-22-16-23-13-12-21-14-20-7-2-4-10-26(20)31(21)33(23)34(30)32(22)27;1-3-9-25-19(6-1)15-24-17-29-27-11-5-8-22-16-23-13-12-21-14-20-7-2-4-10-26(20)31(21)33(23)34(32(22)27)30(29)18-28(24)25;1-3-9-25-19(6-1)16-21-14-15-28-31(29(21)25)27-11-5-8-23-18-24-13-12-22-17-20-7-2-4-10-26(20)30(22)33(24)34(28)32(23)27;15*1-2/h2*1-13,17-18H,14-16H2;1-15H,16-18H2;15*1-2H3. The Bertz CT molecular complexity index is 6860. The highest BCUT2D eigenvalue weighted by atomic mass is 15.0. The third-order valence-corrected chi connectivity index (χ3v) is 25.2. The first-order chi connectivity index (χ1) is 65.6. The maximum atomic E-state index is 2.61. The quantitative estimate of drug-likeness (QED) is 0.144. The van der Waals surface area contributed by atoms with Crippen LogP contribution in [0.2, 0.25) is 0 Å². The Morgan fingerprint density at radius 1 is 0.144 bits per heavy atom. The summed E-state index contributed by atoms with van der Waals surface area (Å²) in [6.07, 6.45) is 9.20. The van der Waals surface area contributed by atoms with Gasteiger partial charge in [0.15, 0.2) is 0 Å². The zero-order valence-electron chi connectivity index (χ0n) is 86.2. The molecule has 0 fully saturated rings. The van der Waals surface area contributed by atoms with E-state index >= 15 is 0 Å². The molecule has 9 aliphatic rings. The zero-order chi connectivity index (χ0) is 95.9. The molecule has 3 nitrogen and oxygen atoms in total. The van der Waals surface area contributed by atoms with Gasteiger partial charge in [-0.2, -0.15) is 0 Å². The number of para-hydroxylation sites is 3. The molecule has 0 atom stereocenters. The Kier molecular flexibility index (Phi) is 36.8. The highest BCUT2D eigenvalue weighted by molar-refractivity contribution is 6.20. The molecule has 0 unspecified atom stereocenters. The number of rotatable bonds is 0. The highest BCUT2D eigenvalue weighted by Crippen LogP contribution is 2.55. The van der Waals surface area contributed by atoms with Crippen molar-refractivity contribution in [1.29, 1.82) is 0 Å². The van der Waals surface area contributed by atoms with Gasteiger partial charge in [0.05, 0.1) is 50.2 Å². The molecule has 0 spiro atoms. The van der Waals surface area contributed by atoms with Crippen molar-refractivity contribution in [3.63, 3.8) is 0 Å². The van der Waals surface area contributed by atoms with Crippen LogP contribution in [-0.2, 0) is 57.8 Å². The topological polar surface area (TPSA) is 14.8 Å². The van der Waals surface area contributed by atoms with Gasteiger partial charge in [-0.05, 0) is 219 Å². The van der Waals surface area contributed by atoms with Crippen molar-refractivity contribution < 1.29 is 0 Å². The average Bonchev–Trinajstić information content (AvgIpc) is 1.49. The van der Waals surface area contributed by atoms with Gasteiger partial charge in [0.2, 0.25) is 0 Å². The minimum atomic E-state index is 0.997. The summed E-state index contributed by atoms with van der Waals surface area (Å²) in [5, 5.41) is 8.37. The Labute approximate surface area is 796 Å². The first-order valence-corrected chi connectivity index (χ1v) is 51.8. The fraction of sp³-hybridized carbons (Fsp3) is 0.302. The van der Waals surface area contributed by atoms with Gasteiger partial charge in [-0.1, -0.05) is 450 Å². The molecule has 0 bridgehead atoms. The van der Waals surface area contributed by atoms with E-state index in [1.807, 2.05) is 208 Å². The van der Waals surface area contributed by atoms with Crippen molar-refractivity contribution in [3.05, 3.63) is 373 Å². The highest BCUT2D eigenvalue weighted by Gasteiger charge is 2.36. The van der Waals surface area contributed by atoms with E-state index in [9.17, 15) is 0 Å². The van der Waals surface area contributed by atoms with E-state index in [4.69, 9.17) is 0 Å². The van der Waals surface area contributed by atoms with E-state index in [0.29, 0.717) is 0 Å². The summed E-state index contributed by atoms with van der Waals surface area (Å²) in [7, 11) is 0. The van der Waals surface area contributed by atoms with Gasteiger partial charge in [-0.25, -0.2) is 0 Å². The summed E-state index contributed by atoms with van der Waals surface area (Å²) < 4.78 is 7.84. The van der Waals surface area contributed by atoms with Crippen molar-refractivity contribution in [3.8, 4) is 83.8 Å².